The summed E-state index contributed by atoms with van der Waals surface area (Å²) < 4.78 is 5.13. The van der Waals surface area contributed by atoms with E-state index in [4.69, 9.17) is 15.6 Å². The standard InChI is InChI=1S/C9H15N3O5/c10-9(16)11-7(14)5-6-8(15)12(1-3-13)2-4-17-6/h6,13H,1-5H2,(H3,10,11,14,16). The summed E-state index contributed by atoms with van der Waals surface area (Å²) in [4.78, 5) is 34.8. The number of hydrogen-bond donors (Lipinski definition) is 3. The van der Waals surface area contributed by atoms with E-state index in [-0.39, 0.29) is 25.5 Å². The van der Waals surface area contributed by atoms with Crippen LogP contribution < -0.4 is 11.1 Å². The van der Waals surface area contributed by atoms with Crippen molar-refractivity contribution in [3.63, 3.8) is 0 Å². The van der Waals surface area contributed by atoms with E-state index in [2.05, 4.69) is 0 Å². The first-order chi connectivity index (χ1) is 8.04. The van der Waals surface area contributed by atoms with Crippen molar-refractivity contribution in [2.45, 2.75) is 12.5 Å². The van der Waals surface area contributed by atoms with Gasteiger partial charge in [0.1, 0.15) is 6.10 Å². The Balaban J connectivity index is 2.50. The molecule has 1 aliphatic rings. The van der Waals surface area contributed by atoms with Crippen molar-refractivity contribution in [3.05, 3.63) is 0 Å². The molecule has 0 aliphatic carbocycles. The first-order valence-electron chi connectivity index (χ1n) is 5.15. The highest BCUT2D eigenvalue weighted by molar-refractivity contribution is 5.96. The van der Waals surface area contributed by atoms with E-state index in [1.807, 2.05) is 5.32 Å². The van der Waals surface area contributed by atoms with Gasteiger partial charge in [0.05, 0.1) is 19.6 Å². The zero-order valence-corrected chi connectivity index (χ0v) is 9.22. The zero-order valence-electron chi connectivity index (χ0n) is 9.22. The number of urea groups is 1. The molecular weight excluding hydrogens is 230 g/mol. The van der Waals surface area contributed by atoms with Crippen LogP contribution in [-0.2, 0) is 14.3 Å². The number of β-amino-alcohol motifs (C(OH)–C–C–N with tert-alkyl or cyclic N) is 1. The predicted molar refractivity (Wildman–Crippen MR) is 55.7 cm³/mol. The third-order valence-corrected chi connectivity index (χ3v) is 2.27. The average molecular weight is 245 g/mol. The van der Waals surface area contributed by atoms with Gasteiger partial charge < -0.3 is 20.5 Å². The lowest BCUT2D eigenvalue weighted by molar-refractivity contribution is -0.156. The van der Waals surface area contributed by atoms with E-state index >= 15 is 0 Å². The Morgan fingerprint density at radius 3 is 2.88 bits per heavy atom. The van der Waals surface area contributed by atoms with E-state index in [0.29, 0.717) is 13.2 Å². The summed E-state index contributed by atoms with van der Waals surface area (Å²) in [6.45, 7) is 0.732. The third kappa shape index (κ3) is 4.00. The van der Waals surface area contributed by atoms with Gasteiger partial charge in [-0.05, 0) is 0 Å². The summed E-state index contributed by atoms with van der Waals surface area (Å²) in [5.74, 6) is -1.04. The Kier molecular flexibility index (Phi) is 4.85. The van der Waals surface area contributed by atoms with Gasteiger partial charge in [-0.25, -0.2) is 4.79 Å². The lowest BCUT2D eigenvalue weighted by Crippen LogP contribution is -2.50. The molecule has 1 rings (SSSR count). The molecule has 1 heterocycles. The van der Waals surface area contributed by atoms with Gasteiger partial charge >= 0.3 is 6.03 Å². The van der Waals surface area contributed by atoms with E-state index in [0.717, 1.165) is 0 Å². The fourth-order valence-electron chi connectivity index (χ4n) is 1.54. The van der Waals surface area contributed by atoms with Gasteiger partial charge in [0.2, 0.25) is 5.91 Å². The second kappa shape index (κ2) is 6.16. The number of rotatable bonds is 4. The first kappa shape index (κ1) is 13.4. The Hall–Kier alpha value is -1.67. The molecule has 0 aromatic rings. The molecule has 0 spiro atoms. The molecule has 8 nitrogen and oxygen atoms in total. The fourth-order valence-corrected chi connectivity index (χ4v) is 1.54. The normalized spacial score (nSPS) is 20.2. The zero-order chi connectivity index (χ0) is 12.8. The molecule has 8 heteroatoms. The maximum atomic E-state index is 11.7. The number of primary amides is 1. The number of morpholine rings is 1. The van der Waals surface area contributed by atoms with Gasteiger partial charge in [-0.15, -0.1) is 0 Å². The van der Waals surface area contributed by atoms with Gasteiger partial charge in [-0.1, -0.05) is 0 Å². The van der Waals surface area contributed by atoms with E-state index in [1.54, 1.807) is 0 Å². The first-order valence-corrected chi connectivity index (χ1v) is 5.15. The van der Waals surface area contributed by atoms with Gasteiger partial charge in [-0.3, -0.25) is 14.9 Å². The number of aliphatic hydroxyl groups excluding tert-OH is 1. The Morgan fingerprint density at radius 1 is 1.59 bits per heavy atom. The minimum Gasteiger partial charge on any atom is -0.395 e. The molecule has 0 bridgehead atoms. The van der Waals surface area contributed by atoms with Crippen LogP contribution in [0.2, 0.25) is 0 Å². The van der Waals surface area contributed by atoms with Gasteiger partial charge in [-0.2, -0.15) is 0 Å². The van der Waals surface area contributed by atoms with Crippen LogP contribution in [0.3, 0.4) is 0 Å². The fraction of sp³-hybridized carbons (Fsp3) is 0.667. The highest BCUT2D eigenvalue weighted by atomic mass is 16.5. The molecule has 1 atom stereocenters. The van der Waals surface area contributed by atoms with Crippen LogP contribution in [0.4, 0.5) is 4.79 Å². The topological polar surface area (TPSA) is 122 Å². The summed E-state index contributed by atoms with van der Waals surface area (Å²) in [5.41, 5.74) is 4.77. The second-order valence-corrected chi connectivity index (χ2v) is 3.52. The molecule has 0 radical (unpaired) electrons. The molecule has 1 unspecified atom stereocenters. The lowest BCUT2D eigenvalue weighted by Gasteiger charge is -2.31. The van der Waals surface area contributed by atoms with Crippen molar-refractivity contribution in [2.75, 3.05) is 26.3 Å². The summed E-state index contributed by atoms with van der Waals surface area (Å²) >= 11 is 0. The molecule has 0 aromatic heterocycles. The molecule has 1 aliphatic heterocycles. The molecule has 0 saturated carbocycles. The van der Waals surface area contributed by atoms with Crippen molar-refractivity contribution in [1.29, 1.82) is 0 Å². The van der Waals surface area contributed by atoms with Crippen molar-refractivity contribution in [2.24, 2.45) is 5.73 Å². The van der Waals surface area contributed by atoms with Crippen molar-refractivity contribution in [3.8, 4) is 0 Å². The molecule has 1 fully saturated rings. The summed E-state index contributed by atoms with van der Waals surface area (Å²) in [6.07, 6.45) is -1.18. The van der Waals surface area contributed by atoms with Gasteiger partial charge in [0.25, 0.3) is 5.91 Å². The smallest absolute Gasteiger partial charge is 0.318 e. The van der Waals surface area contributed by atoms with Gasteiger partial charge in [0, 0.05) is 13.1 Å². The number of nitrogens with one attached hydrogen (secondary N) is 1. The molecular formula is C9H15N3O5. The quantitative estimate of drug-likeness (QED) is 0.518. The number of nitrogens with zero attached hydrogens (tertiary/aromatic N) is 1. The largest absolute Gasteiger partial charge is 0.395 e. The summed E-state index contributed by atoms with van der Waals surface area (Å²) in [5, 5.41) is 10.6. The Bertz CT molecular complexity index is 318. The minimum atomic E-state index is -0.967. The number of ether oxygens (including phenoxy) is 1. The monoisotopic (exact) mass is 245 g/mol. The number of carbonyl (C=O) groups excluding carboxylic acids is 3. The second-order valence-electron chi connectivity index (χ2n) is 3.52. The van der Waals surface area contributed by atoms with E-state index in [9.17, 15) is 14.4 Å². The summed E-state index contributed by atoms with van der Waals surface area (Å²) in [6, 6.07) is -0.967. The van der Waals surface area contributed by atoms with Crippen LogP contribution in [0, 0.1) is 0 Å². The highest BCUT2D eigenvalue weighted by Gasteiger charge is 2.31. The molecule has 96 valence electrons. The molecule has 17 heavy (non-hydrogen) atoms. The number of amides is 4. The molecule has 4 amide bonds. The maximum Gasteiger partial charge on any atom is 0.318 e. The minimum absolute atomic E-state index is 0.147. The van der Waals surface area contributed by atoms with Crippen LogP contribution in [0.25, 0.3) is 0 Å². The molecule has 4 N–H and O–H groups in total. The number of imide groups is 1. The number of hydrogen-bond acceptors (Lipinski definition) is 5. The summed E-state index contributed by atoms with van der Waals surface area (Å²) in [7, 11) is 0. The predicted octanol–water partition coefficient (Wildman–Crippen LogP) is -2.21. The average Bonchev–Trinajstić information content (AvgIpc) is 2.23. The van der Waals surface area contributed by atoms with Crippen LogP contribution >= 0.6 is 0 Å². The maximum absolute atomic E-state index is 11.7. The molecule has 1 saturated heterocycles. The number of aliphatic hydroxyl groups is 1. The molecule has 0 aromatic carbocycles. The SMILES string of the molecule is NC(=O)NC(=O)CC1OCCN(CCO)C1=O. The number of nitrogens with two attached hydrogens (primary N) is 1. The van der Waals surface area contributed by atoms with Crippen LogP contribution in [0.1, 0.15) is 6.42 Å². The Labute approximate surface area is 97.7 Å². The highest BCUT2D eigenvalue weighted by Crippen LogP contribution is 2.10. The van der Waals surface area contributed by atoms with Crippen molar-refractivity contribution >= 4 is 17.8 Å². The number of carbonyl (C=O) groups is 3. The van der Waals surface area contributed by atoms with E-state index < -0.39 is 18.0 Å². The third-order valence-electron chi connectivity index (χ3n) is 2.27. The van der Waals surface area contributed by atoms with Crippen LogP contribution in [0.5, 0.6) is 0 Å². The lowest BCUT2D eigenvalue weighted by atomic mass is 10.2. The van der Waals surface area contributed by atoms with Crippen LogP contribution in [0.15, 0.2) is 0 Å². The van der Waals surface area contributed by atoms with Crippen molar-refractivity contribution < 1.29 is 24.2 Å². The Morgan fingerprint density at radius 2 is 2.29 bits per heavy atom. The van der Waals surface area contributed by atoms with Crippen molar-refractivity contribution in [1.82, 2.24) is 10.2 Å². The van der Waals surface area contributed by atoms with Gasteiger partial charge in [0.15, 0.2) is 0 Å². The van der Waals surface area contributed by atoms with E-state index in [1.165, 1.54) is 4.90 Å². The van der Waals surface area contributed by atoms with Crippen LogP contribution in [-0.4, -0.2) is 60.3 Å².